The average molecular weight is 1740 g/mol. The maximum atomic E-state index is 6.25. The quantitative estimate of drug-likeness (QED) is 0.131. The van der Waals surface area contributed by atoms with Gasteiger partial charge in [-0.1, -0.05) is 0 Å². The van der Waals surface area contributed by atoms with Gasteiger partial charge in [-0.3, -0.25) is 0 Å². The second-order valence-corrected chi connectivity index (χ2v) is 15.1. The average Bonchev–Trinajstić information content (AvgIpc) is 3.63. The molecule has 4 radical (unpaired) electrons. The summed E-state index contributed by atoms with van der Waals surface area (Å²) in [5.74, 6) is 0. The van der Waals surface area contributed by atoms with Gasteiger partial charge in [-0.15, -0.1) is 0 Å². The van der Waals surface area contributed by atoms with Crippen LogP contribution in [0.15, 0.2) is 72.8 Å². The van der Waals surface area contributed by atoms with E-state index in [1.54, 1.807) is 0 Å². The molecule has 0 atom stereocenters. The Morgan fingerprint density at radius 1 is 0.170 bits per heavy atom. The van der Waals surface area contributed by atoms with Gasteiger partial charge in [-0.2, -0.15) is 0 Å². The molecule has 0 aromatic heterocycles. The Morgan fingerprint density at radius 3 is 0.284 bits per heavy atom. The second-order valence-electron chi connectivity index (χ2n) is 8.99. The number of nitrogens with zero attached hydrogens (tertiary/aromatic N) is 24. The van der Waals surface area contributed by atoms with Gasteiger partial charge in [0.05, 0.1) is 0 Å². The van der Waals surface area contributed by atoms with Crippen LogP contribution in [0.25, 0.3) is 0 Å². The molecule has 4 aromatic rings. The maximum Gasteiger partial charge on any atom is 3.00 e. The smallest absolute Gasteiger partial charge is 0.512 e. The van der Waals surface area contributed by atoms with Gasteiger partial charge in [-0.05, 0) is 0 Å². The molecule has 0 aliphatic rings. The molecule has 0 saturated carbocycles. The zero-order chi connectivity index (χ0) is 75.4. The van der Waals surface area contributed by atoms with Crippen LogP contribution in [-0.4, -0.2) is 90.1 Å². The molecule has 0 fully saturated rings. The molecule has 0 amide bonds. The third kappa shape index (κ3) is 202. The van der Waals surface area contributed by atoms with E-state index in [4.69, 9.17) is 284 Å². The second kappa shape index (κ2) is 308. The van der Waals surface area contributed by atoms with E-state index >= 15 is 0 Å². The molecule has 0 unspecified atom stereocenters. The van der Waals surface area contributed by atoms with Gasteiger partial charge in [0.25, 0.3) is 0 Å². The Kier molecular flexibility index (Phi) is 648. The Morgan fingerprint density at radius 2 is 0.239 bits per heavy atom. The third-order valence-corrected chi connectivity index (χ3v) is 12.6. The molecule has 0 N–H and O–H groups in total. The minimum atomic E-state index is 0. The van der Waals surface area contributed by atoms with Crippen LogP contribution in [-0.2, 0) is 68.3 Å². The van der Waals surface area contributed by atoms with Crippen LogP contribution in [0, 0.1) is 339 Å². The normalized spacial score (nSPS) is 4.55. The van der Waals surface area contributed by atoms with Gasteiger partial charge in [0, 0.05) is 0 Å². The molecule has 0 saturated heterocycles. The van der Waals surface area contributed by atoms with Crippen molar-refractivity contribution in [3.05, 3.63) is 275 Å². The van der Waals surface area contributed by atoms with E-state index in [0.717, 1.165) is 0 Å². The fourth-order valence-electron chi connectivity index (χ4n) is 3.00. The number of hydrogen-bond donors (Lipinski definition) is 0. The Bertz CT molecular complexity index is 1860. The van der Waals surface area contributed by atoms with Crippen molar-refractivity contribution < 1.29 is 68.3 Å². The number of aryl methyl sites for hydroxylation is 4. The summed E-state index contributed by atoms with van der Waals surface area (Å²) in [6.45, 7) is 131. The molecule has 32 heteroatoms. The number of hydrogen-bond acceptors (Lipinski definition) is 24. The van der Waals surface area contributed by atoms with Gasteiger partial charge in [0.15, 0.2) is 0 Å². The van der Waals surface area contributed by atoms with Crippen molar-refractivity contribution in [2.24, 2.45) is 0 Å². The molecule has 4 aromatic carbocycles. The molecular formula is C56H36Fe4N24Sn4. The summed E-state index contributed by atoms with van der Waals surface area (Å²) in [6.07, 6.45) is 0. The summed E-state index contributed by atoms with van der Waals surface area (Å²) in [7, 11) is 0. The first kappa shape index (κ1) is 185. The Labute approximate surface area is 622 Å². The van der Waals surface area contributed by atoms with Crippen LogP contribution < -0.4 is 14.3 Å². The maximum absolute atomic E-state index is 6.25. The summed E-state index contributed by atoms with van der Waals surface area (Å²) >= 11 is 6.06. The third-order valence-electron chi connectivity index (χ3n) is 6.42. The molecule has 24 nitrogen and oxygen atoms in total. The fourth-order valence-corrected chi connectivity index (χ4v) is 6.35. The minimum absolute atomic E-state index is 0. The first-order valence-electron chi connectivity index (χ1n) is 17.3. The SMILES string of the molecule is Cc1ccc[c]([Sn+3])c1C.Cc1ccc[c]([Sn+3])c1C.Cc1ccc[c]([Sn+3])c1C.Cc1ccc[c]([Sn+3])c1C.[C-]#N.[C-]#N.[C-]#N.[C-]#N.[C-]#N.[C-]#N.[C-]#N.[C-]#N.[C-]#N.[C-]#N.[C-]#N.[C-]#N.[C-]#N.[C-]#N.[C-]#N.[C-]#N.[C-]#N.[C-]#N.[C-]#N.[C-]#N.[C-]#N.[C-]#N.[C-]#N.[C-]#N.[Fe+3].[Fe+3].[Fe+3].[Fe+3]. The van der Waals surface area contributed by atoms with E-state index < -0.39 is 0 Å². The van der Waals surface area contributed by atoms with E-state index in [9.17, 15) is 0 Å². The van der Waals surface area contributed by atoms with E-state index in [1.165, 1.54) is 149 Å². The van der Waals surface area contributed by atoms with Crippen molar-refractivity contribution in [1.82, 2.24) is 0 Å². The van der Waals surface area contributed by atoms with Crippen molar-refractivity contribution in [2.45, 2.75) is 55.4 Å². The van der Waals surface area contributed by atoms with Crippen LogP contribution in [0.5, 0.6) is 0 Å². The minimum Gasteiger partial charge on any atom is -0.512 e. The summed E-state index contributed by atoms with van der Waals surface area (Å²) in [5, 5.41) is 150. The number of benzene rings is 4. The van der Waals surface area contributed by atoms with Crippen LogP contribution in [0.1, 0.15) is 44.5 Å². The van der Waals surface area contributed by atoms with E-state index in [-0.39, 0.29) is 68.3 Å². The van der Waals surface area contributed by atoms with Crippen molar-refractivity contribution >= 4 is 104 Å². The van der Waals surface area contributed by atoms with Crippen molar-refractivity contribution in [2.75, 3.05) is 0 Å². The van der Waals surface area contributed by atoms with Crippen LogP contribution in [0.2, 0.25) is 0 Å². The molecule has 0 bridgehead atoms. The Balaban J connectivity index is -0.0000000170. The first-order chi connectivity index (χ1) is 40.9. The molecule has 0 aliphatic carbocycles. The molecule has 4 rings (SSSR count). The van der Waals surface area contributed by atoms with E-state index in [2.05, 4.69) is 128 Å². The Hall–Kier alpha value is -10.1. The topological polar surface area (TPSA) is 571 Å². The van der Waals surface area contributed by atoms with Gasteiger partial charge < -0.3 is 284 Å². The van der Waals surface area contributed by atoms with Crippen LogP contribution in [0.4, 0.5) is 0 Å². The monoisotopic (exact) mass is 1750 g/mol. The molecule has 428 valence electrons. The first-order valence-corrected chi connectivity index (χ1v) is 23.1. The zero-order valence-electron chi connectivity index (χ0n) is 47.1. The van der Waals surface area contributed by atoms with Gasteiger partial charge in [0.1, 0.15) is 0 Å². The molecule has 0 aliphatic heterocycles. The predicted molar refractivity (Wildman–Crippen MR) is 284 cm³/mol. The molecule has 88 heavy (non-hydrogen) atoms. The van der Waals surface area contributed by atoms with Crippen molar-refractivity contribution in [1.29, 1.82) is 126 Å². The van der Waals surface area contributed by atoms with Crippen molar-refractivity contribution in [3.63, 3.8) is 0 Å². The largest absolute Gasteiger partial charge is 3.00 e. The summed E-state index contributed by atoms with van der Waals surface area (Å²) < 4.78 is 5.90. The van der Waals surface area contributed by atoms with Crippen LogP contribution >= 0.6 is 0 Å². The molecule has 0 heterocycles. The predicted octanol–water partition coefficient (Wildman–Crippen LogP) is 6.69. The molecule has 0 spiro atoms. The standard InChI is InChI=1S/4C8H9.24CN.4Fe.4Sn/c4*1-7-5-3-4-6-8(7)2;24*1-2;;;;;;;;/h4*3-5H,1-2H3;;;;;;;;;;;;;;;;;;;;;;;;;;;;;;;;/q;;;;24*-1;8*+3. The van der Waals surface area contributed by atoms with Crippen LogP contribution in [0.3, 0.4) is 0 Å². The van der Waals surface area contributed by atoms with Gasteiger partial charge >= 0.3 is 345 Å². The van der Waals surface area contributed by atoms with E-state index in [1.807, 2.05) is 0 Å². The van der Waals surface area contributed by atoms with Crippen molar-refractivity contribution in [3.8, 4) is 0 Å². The number of rotatable bonds is 0. The summed E-state index contributed by atoms with van der Waals surface area (Å²) in [6, 6.07) is 25.8. The summed E-state index contributed by atoms with van der Waals surface area (Å²) in [4.78, 5) is 0. The molecular weight excluding hydrogens is 1710 g/mol. The van der Waals surface area contributed by atoms with Gasteiger partial charge in [-0.25, -0.2) is 0 Å². The summed E-state index contributed by atoms with van der Waals surface area (Å²) in [5.41, 5.74) is 11.4. The van der Waals surface area contributed by atoms with Gasteiger partial charge in [0.2, 0.25) is 0 Å². The fraction of sp³-hybridized carbons (Fsp3) is 0.143. The van der Waals surface area contributed by atoms with E-state index in [0.29, 0.717) is 0 Å². The zero-order valence-corrected chi connectivity index (χ0v) is 62.9.